The van der Waals surface area contributed by atoms with Crippen molar-refractivity contribution >= 4 is 21.8 Å². The number of nitrogens with two attached hydrogens (primary N) is 1. The lowest BCUT2D eigenvalue weighted by molar-refractivity contribution is 0.524. The molecule has 0 bridgehead atoms. The summed E-state index contributed by atoms with van der Waals surface area (Å²) in [5.41, 5.74) is 5.91. The van der Waals surface area contributed by atoms with Gasteiger partial charge in [0, 0.05) is 0 Å². The topological polar surface area (TPSA) is 51.5 Å². The fourth-order valence-corrected chi connectivity index (χ4v) is 1.96. The molecule has 1 aromatic rings. The highest BCUT2D eigenvalue weighted by Gasteiger charge is 2.09. The predicted molar refractivity (Wildman–Crippen MR) is 70.7 cm³/mol. The van der Waals surface area contributed by atoms with Gasteiger partial charge in [-0.15, -0.1) is 0 Å². The molecule has 0 saturated heterocycles. The molecular weight excluding hydrogens is 268 g/mol. The maximum atomic E-state index is 5.91. The zero-order chi connectivity index (χ0) is 12.0. The summed E-state index contributed by atoms with van der Waals surface area (Å²) < 4.78 is 6.05. The molecule has 3 nitrogen and oxygen atoms in total. The van der Waals surface area contributed by atoms with E-state index in [0.29, 0.717) is 22.3 Å². The van der Waals surface area contributed by atoms with E-state index in [1.165, 1.54) is 0 Å². The van der Waals surface area contributed by atoms with Crippen molar-refractivity contribution in [1.29, 1.82) is 0 Å². The molecule has 90 valence electrons. The molecule has 0 aliphatic heterocycles. The Bertz CT molecular complexity index is 341. The molecule has 0 aromatic carbocycles. The van der Waals surface area contributed by atoms with Crippen LogP contribution in [0.2, 0.25) is 0 Å². The highest BCUT2D eigenvalue weighted by molar-refractivity contribution is 9.10. The van der Waals surface area contributed by atoms with Crippen molar-refractivity contribution in [2.45, 2.75) is 45.6 Å². The lowest BCUT2D eigenvalue weighted by atomic mass is 10.1. The van der Waals surface area contributed by atoms with Crippen LogP contribution >= 0.6 is 15.9 Å². The Balaban J connectivity index is 2.72. The van der Waals surface area contributed by atoms with E-state index in [1.54, 1.807) is 0 Å². The van der Waals surface area contributed by atoms with Crippen LogP contribution in [0.15, 0.2) is 26.2 Å². The van der Waals surface area contributed by atoms with Gasteiger partial charge in [-0.2, -0.15) is 0 Å². The van der Waals surface area contributed by atoms with Gasteiger partial charge in [-0.25, -0.2) is 0 Å². The van der Waals surface area contributed by atoms with Gasteiger partial charge in [-0.05, 0) is 40.9 Å². The van der Waals surface area contributed by atoms with E-state index >= 15 is 0 Å². The molecular formula is C12H19BrN2O. The van der Waals surface area contributed by atoms with Crippen molar-refractivity contribution in [2.75, 3.05) is 0 Å². The molecule has 0 atom stereocenters. The molecule has 0 fully saturated rings. The van der Waals surface area contributed by atoms with Gasteiger partial charge >= 0.3 is 0 Å². The van der Waals surface area contributed by atoms with Crippen LogP contribution in [-0.2, 0) is 0 Å². The van der Waals surface area contributed by atoms with Crippen molar-refractivity contribution in [1.82, 2.24) is 0 Å². The van der Waals surface area contributed by atoms with Crippen molar-refractivity contribution in [3.05, 3.63) is 22.6 Å². The van der Waals surface area contributed by atoms with E-state index in [1.807, 2.05) is 12.1 Å². The van der Waals surface area contributed by atoms with Gasteiger partial charge in [0.05, 0.1) is 6.04 Å². The number of furan rings is 1. The van der Waals surface area contributed by atoms with E-state index in [4.69, 9.17) is 10.2 Å². The molecule has 1 heterocycles. The number of hydrogen-bond donors (Lipinski definition) is 1. The summed E-state index contributed by atoms with van der Waals surface area (Å²) in [6.45, 7) is 4.33. The summed E-state index contributed by atoms with van der Waals surface area (Å²) in [5, 5.41) is 0. The maximum Gasteiger partial charge on any atom is 0.170 e. The average Bonchev–Trinajstić information content (AvgIpc) is 2.65. The lowest BCUT2D eigenvalue weighted by Crippen LogP contribution is -2.17. The Labute approximate surface area is 105 Å². The highest BCUT2D eigenvalue weighted by Crippen LogP contribution is 2.15. The minimum atomic E-state index is 0.318. The van der Waals surface area contributed by atoms with E-state index < -0.39 is 0 Å². The molecule has 0 amide bonds. The van der Waals surface area contributed by atoms with Crippen LogP contribution in [0.3, 0.4) is 0 Å². The quantitative estimate of drug-likeness (QED) is 0.640. The Morgan fingerprint density at radius 3 is 2.44 bits per heavy atom. The number of halogens is 1. The Kier molecular flexibility index (Phi) is 5.60. The molecule has 0 aliphatic rings. The second kappa shape index (κ2) is 6.74. The number of amidine groups is 1. The summed E-state index contributed by atoms with van der Waals surface area (Å²) in [6.07, 6.45) is 4.42. The number of nitrogens with zero attached hydrogens (tertiary/aromatic N) is 1. The molecule has 1 rings (SSSR count). The first kappa shape index (κ1) is 13.3. The standard InChI is InChI=1S/C12H19BrN2O/c1-3-5-9(6-4-2)15-12(14)10-7-8-11(13)16-10/h7-9H,3-6H2,1-2H3,(H2,14,15). The van der Waals surface area contributed by atoms with Gasteiger partial charge in [0.1, 0.15) is 0 Å². The first-order chi connectivity index (χ1) is 7.67. The van der Waals surface area contributed by atoms with E-state index in [2.05, 4.69) is 34.8 Å². The smallest absolute Gasteiger partial charge is 0.170 e. The second-order valence-corrected chi connectivity index (χ2v) is 4.63. The van der Waals surface area contributed by atoms with Gasteiger partial charge in [-0.3, -0.25) is 4.99 Å². The zero-order valence-corrected chi connectivity index (χ0v) is 11.5. The third kappa shape index (κ3) is 4.00. The third-order valence-electron chi connectivity index (χ3n) is 2.39. The first-order valence-corrected chi connectivity index (χ1v) is 6.55. The van der Waals surface area contributed by atoms with Crippen LogP contribution in [0.1, 0.15) is 45.3 Å². The van der Waals surface area contributed by atoms with Crippen molar-refractivity contribution in [3.8, 4) is 0 Å². The molecule has 0 aliphatic carbocycles. The molecule has 0 saturated carbocycles. The van der Waals surface area contributed by atoms with Crippen LogP contribution in [0.4, 0.5) is 0 Å². The summed E-state index contributed by atoms with van der Waals surface area (Å²) in [4.78, 5) is 4.52. The molecule has 0 radical (unpaired) electrons. The molecule has 4 heteroatoms. The van der Waals surface area contributed by atoms with Gasteiger partial charge < -0.3 is 10.2 Å². The summed E-state index contributed by atoms with van der Waals surface area (Å²) >= 11 is 3.25. The largest absolute Gasteiger partial charge is 0.446 e. The highest BCUT2D eigenvalue weighted by atomic mass is 79.9. The maximum absolute atomic E-state index is 5.91. The van der Waals surface area contributed by atoms with Crippen LogP contribution in [0.25, 0.3) is 0 Å². The Hall–Kier alpha value is -0.770. The van der Waals surface area contributed by atoms with Crippen molar-refractivity contribution in [2.24, 2.45) is 10.7 Å². The van der Waals surface area contributed by atoms with E-state index in [9.17, 15) is 0 Å². The number of aliphatic imine (C=N–C) groups is 1. The van der Waals surface area contributed by atoms with Gasteiger partial charge in [0.25, 0.3) is 0 Å². The minimum absolute atomic E-state index is 0.318. The van der Waals surface area contributed by atoms with Crippen LogP contribution in [-0.4, -0.2) is 11.9 Å². The SMILES string of the molecule is CCCC(CCC)N=C(N)c1ccc(Br)o1. The second-order valence-electron chi connectivity index (χ2n) is 3.85. The van der Waals surface area contributed by atoms with Gasteiger partial charge in [0.2, 0.25) is 0 Å². The lowest BCUT2D eigenvalue weighted by Gasteiger charge is -2.10. The van der Waals surface area contributed by atoms with E-state index in [0.717, 1.165) is 25.7 Å². The first-order valence-electron chi connectivity index (χ1n) is 5.76. The van der Waals surface area contributed by atoms with Crippen molar-refractivity contribution in [3.63, 3.8) is 0 Å². The van der Waals surface area contributed by atoms with Crippen LogP contribution in [0.5, 0.6) is 0 Å². The minimum Gasteiger partial charge on any atom is -0.446 e. The van der Waals surface area contributed by atoms with Gasteiger partial charge in [-0.1, -0.05) is 26.7 Å². The Morgan fingerprint density at radius 2 is 2.00 bits per heavy atom. The predicted octanol–water partition coefficient (Wildman–Crippen LogP) is 3.72. The molecule has 2 N–H and O–H groups in total. The number of hydrogen-bond acceptors (Lipinski definition) is 2. The van der Waals surface area contributed by atoms with Crippen LogP contribution < -0.4 is 5.73 Å². The van der Waals surface area contributed by atoms with Crippen LogP contribution in [0, 0.1) is 0 Å². The summed E-state index contributed by atoms with van der Waals surface area (Å²) in [7, 11) is 0. The number of rotatable bonds is 6. The summed E-state index contributed by atoms with van der Waals surface area (Å²) in [6, 6.07) is 3.98. The molecule has 16 heavy (non-hydrogen) atoms. The fraction of sp³-hybridized carbons (Fsp3) is 0.583. The monoisotopic (exact) mass is 286 g/mol. The molecule has 0 spiro atoms. The van der Waals surface area contributed by atoms with Gasteiger partial charge in [0.15, 0.2) is 16.3 Å². The third-order valence-corrected chi connectivity index (χ3v) is 2.82. The fourth-order valence-electron chi connectivity index (χ4n) is 1.65. The zero-order valence-electron chi connectivity index (χ0n) is 9.87. The average molecular weight is 287 g/mol. The van der Waals surface area contributed by atoms with E-state index in [-0.39, 0.29) is 0 Å². The normalized spacial score (nSPS) is 12.4. The Morgan fingerprint density at radius 1 is 1.38 bits per heavy atom. The van der Waals surface area contributed by atoms with Crippen molar-refractivity contribution < 1.29 is 4.42 Å². The molecule has 0 unspecified atom stereocenters. The molecule has 1 aromatic heterocycles. The summed E-state index contributed by atoms with van der Waals surface area (Å²) in [5.74, 6) is 1.14.